The molecule has 1 fully saturated rings. The third-order valence-corrected chi connectivity index (χ3v) is 6.01. The molecule has 0 aliphatic carbocycles. The van der Waals surface area contributed by atoms with Gasteiger partial charge in [-0.1, -0.05) is 6.07 Å². The third kappa shape index (κ3) is 5.31. The van der Waals surface area contributed by atoms with Crippen molar-refractivity contribution in [3.05, 3.63) is 53.8 Å². The molecule has 3 rings (SSSR count). The second-order valence-electron chi connectivity index (χ2n) is 7.02. The Kier molecular flexibility index (Phi) is 6.51. The van der Waals surface area contributed by atoms with Crippen molar-refractivity contribution in [3.8, 4) is 0 Å². The van der Waals surface area contributed by atoms with Crippen molar-refractivity contribution < 1.29 is 22.3 Å². The van der Waals surface area contributed by atoms with E-state index in [4.69, 9.17) is 4.74 Å². The molecular weight excluding hydrogens is 397 g/mol. The first-order valence-corrected chi connectivity index (χ1v) is 10.8. The highest BCUT2D eigenvalue weighted by Gasteiger charge is 2.18. The first-order valence-electron chi connectivity index (χ1n) is 9.32. The smallest absolute Gasteiger partial charge is 0.255 e. The summed E-state index contributed by atoms with van der Waals surface area (Å²) in [5.74, 6) is -0.965. The fraction of sp³-hybridized carbons (Fsp3) is 0.350. The average Bonchev–Trinajstić information content (AvgIpc) is 2.68. The number of hydrogen-bond acceptors (Lipinski definition) is 5. The number of nitrogens with zero attached hydrogens (tertiary/aromatic N) is 1. The van der Waals surface area contributed by atoms with Crippen molar-refractivity contribution in [3.63, 3.8) is 0 Å². The predicted molar refractivity (Wildman–Crippen MR) is 109 cm³/mol. The fourth-order valence-corrected chi connectivity index (χ4v) is 4.33. The van der Waals surface area contributed by atoms with Gasteiger partial charge in [-0.15, -0.1) is 0 Å². The van der Waals surface area contributed by atoms with Crippen LogP contribution < -0.4 is 14.9 Å². The Morgan fingerprint density at radius 2 is 1.86 bits per heavy atom. The maximum Gasteiger partial charge on any atom is 0.255 e. The highest BCUT2D eigenvalue weighted by Crippen LogP contribution is 2.24. The van der Waals surface area contributed by atoms with Gasteiger partial charge in [-0.3, -0.25) is 4.79 Å². The largest absolute Gasteiger partial charge is 0.378 e. The number of carbonyl (C=O) groups excluding carboxylic acids is 1. The summed E-state index contributed by atoms with van der Waals surface area (Å²) in [5.41, 5.74) is 0.909. The zero-order valence-electron chi connectivity index (χ0n) is 16.3. The van der Waals surface area contributed by atoms with Crippen molar-refractivity contribution in [2.45, 2.75) is 24.8 Å². The van der Waals surface area contributed by atoms with Gasteiger partial charge < -0.3 is 15.0 Å². The lowest BCUT2D eigenvalue weighted by Gasteiger charge is -2.29. The summed E-state index contributed by atoms with van der Waals surface area (Å²) < 4.78 is 46.9. The van der Waals surface area contributed by atoms with E-state index >= 15 is 0 Å². The molecule has 9 heteroatoms. The van der Waals surface area contributed by atoms with E-state index in [2.05, 4.69) is 10.0 Å². The van der Waals surface area contributed by atoms with E-state index in [1.807, 2.05) is 4.90 Å². The molecule has 29 heavy (non-hydrogen) atoms. The zero-order chi connectivity index (χ0) is 21.0. The zero-order valence-corrected chi connectivity index (χ0v) is 17.1. The van der Waals surface area contributed by atoms with Crippen molar-refractivity contribution >= 4 is 27.3 Å². The molecule has 0 unspecified atom stereocenters. The fourth-order valence-electron chi connectivity index (χ4n) is 3.03. The van der Waals surface area contributed by atoms with Gasteiger partial charge >= 0.3 is 0 Å². The number of sulfonamides is 1. The van der Waals surface area contributed by atoms with Crippen molar-refractivity contribution in [1.82, 2.24) is 4.72 Å². The molecule has 0 atom stereocenters. The standard InChI is InChI=1S/C20H24FN3O4S/c1-14(2)23-29(26,27)17-5-3-4-15(12-17)20(25)22-16-6-7-19(18(21)13-16)24-8-10-28-11-9-24/h3-7,12-14,23H,8-11H2,1-2H3,(H,22,25). The van der Waals surface area contributed by atoms with E-state index in [-0.39, 0.29) is 22.2 Å². The van der Waals surface area contributed by atoms with Gasteiger partial charge in [-0.05, 0) is 50.2 Å². The lowest BCUT2D eigenvalue weighted by Crippen LogP contribution is -2.36. The number of carbonyl (C=O) groups is 1. The molecule has 1 aliphatic rings. The molecule has 1 aliphatic heterocycles. The van der Waals surface area contributed by atoms with Gasteiger partial charge in [0, 0.05) is 30.4 Å². The van der Waals surface area contributed by atoms with Crippen LogP contribution in [0.5, 0.6) is 0 Å². The van der Waals surface area contributed by atoms with Gasteiger partial charge in [0.1, 0.15) is 5.82 Å². The second kappa shape index (κ2) is 8.89. The molecule has 156 valence electrons. The first kappa shape index (κ1) is 21.2. The van der Waals surface area contributed by atoms with Crippen LogP contribution in [-0.2, 0) is 14.8 Å². The molecule has 7 nitrogen and oxygen atoms in total. The number of hydrogen-bond donors (Lipinski definition) is 2. The van der Waals surface area contributed by atoms with E-state index in [0.717, 1.165) is 0 Å². The van der Waals surface area contributed by atoms with Crippen molar-refractivity contribution in [2.75, 3.05) is 36.5 Å². The van der Waals surface area contributed by atoms with Crippen LogP contribution >= 0.6 is 0 Å². The van der Waals surface area contributed by atoms with Gasteiger partial charge in [0.2, 0.25) is 10.0 Å². The summed E-state index contributed by atoms with van der Waals surface area (Å²) in [4.78, 5) is 14.4. The molecule has 2 aromatic carbocycles. The molecule has 1 heterocycles. The van der Waals surface area contributed by atoms with Crippen LogP contribution in [0.2, 0.25) is 0 Å². The highest BCUT2D eigenvalue weighted by molar-refractivity contribution is 7.89. The summed E-state index contributed by atoms with van der Waals surface area (Å²) in [6.45, 7) is 5.72. The Hall–Kier alpha value is -2.49. The van der Waals surface area contributed by atoms with Crippen molar-refractivity contribution in [2.24, 2.45) is 0 Å². The Morgan fingerprint density at radius 1 is 1.14 bits per heavy atom. The molecule has 0 bridgehead atoms. The van der Waals surface area contributed by atoms with Gasteiger partial charge in [0.25, 0.3) is 5.91 Å². The number of morpholine rings is 1. The molecule has 1 amide bonds. The number of ether oxygens (including phenoxy) is 1. The number of nitrogens with one attached hydrogen (secondary N) is 2. The molecule has 0 radical (unpaired) electrons. The Balaban J connectivity index is 1.75. The van der Waals surface area contributed by atoms with Crippen molar-refractivity contribution in [1.29, 1.82) is 0 Å². The van der Waals surface area contributed by atoms with Crippen LogP contribution in [0.15, 0.2) is 47.4 Å². The second-order valence-corrected chi connectivity index (χ2v) is 8.74. The minimum Gasteiger partial charge on any atom is -0.378 e. The SMILES string of the molecule is CC(C)NS(=O)(=O)c1cccc(C(=O)Nc2ccc(N3CCOCC3)c(F)c2)c1. The molecular formula is C20H24FN3O4S. The van der Waals surface area contributed by atoms with E-state index in [9.17, 15) is 17.6 Å². The van der Waals surface area contributed by atoms with Gasteiger partial charge in [0.15, 0.2) is 0 Å². The third-order valence-electron chi connectivity index (χ3n) is 4.35. The van der Waals surface area contributed by atoms with Crippen LogP contribution in [0, 0.1) is 5.82 Å². The van der Waals surface area contributed by atoms with Crippen LogP contribution in [0.1, 0.15) is 24.2 Å². The molecule has 0 saturated carbocycles. The normalized spacial score (nSPS) is 14.8. The van der Waals surface area contributed by atoms with Crippen LogP contribution in [0.3, 0.4) is 0 Å². The van der Waals surface area contributed by atoms with Crippen LogP contribution in [0.25, 0.3) is 0 Å². The summed E-state index contributed by atoms with van der Waals surface area (Å²) >= 11 is 0. The number of halogens is 1. The number of rotatable bonds is 6. The Bertz CT molecular complexity index is 989. The quantitative estimate of drug-likeness (QED) is 0.749. The first-order chi connectivity index (χ1) is 13.8. The maximum absolute atomic E-state index is 14.5. The van der Waals surface area contributed by atoms with Gasteiger partial charge in [0.05, 0.1) is 23.8 Å². The van der Waals surface area contributed by atoms with Crippen LogP contribution in [-0.4, -0.2) is 46.7 Å². The Labute approximate surface area is 169 Å². The topological polar surface area (TPSA) is 87.7 Å². The molecule has 1 saturated heterocycles. The van der Waals surface area contributed by atoms with E-state index in [0.29, 0.717) is 32.0 Å². The molecule has 2 aromatic rings. The summed E-state index contributed by atoms with van der Waals surface area (Å²) in [6.07, 6.45) is 0. The monoisotopic (exact) mass is 421 g/mol. The number of amides is 1. The van der Waals surface area contributed by atoms with Gasteiger partial charge in [-0.2, -0.15) is 0 Å². The highest BCUT2D eigenvalue weighted by atomic mass is 32.2. The lowest BCUT2D eigenvalue weighted by atomic mass is 10.2. The number of benzene rings is 2. The minimum absolute atomic E-state index is 0.00676. The summed E-state index contributed by atoms with van der Waals surface area (Å²) in [7, 11) is -3.72. The van der Waals surface area contributed by atoms with E-state index < -0.39 is 21.7 Å². The minimum atomic E-state index is -3.72. The van der Waals surface area contributed by atoms with Crippen LogP contribution in [0.4, 0.5) is 15.8 Å². The predicted octanol–water partition coefficient (Wildman–Crippen LogP) is 2.60. The lowest BCUT2D eigenvalue weighted by molar-refractivity contribution is 0.102. The van der Waals surface area contributed by atoms with E-state index in [1.165, 1.54) is 30.3 Å². The molecule has 0 spiro atoms. The summed E-state index contributed by atoms with van der Waals surface area (Å²) in [6, 6.07) is 9.91. The molecule has 2 N–H and O–H groups in total. The average molecular weight is 421 g/mol. The summed E-state index contributed by atoms with van der Waals surface area (Å²) in [5, 5.41) is 2.61. The number of anilines is 2. The molecule has 0 aromatic heterocycles. The Morgan fingerprint density at radius 3 is 2.52 bits per heavy atom. The maximum atomic E-state index is 14.5. The van der Waals surface area contributed by atoms with E-state index in [1.54, 1.807) is 26.0 Å². The van der Waals surface area contributed by atoms with Gasteiger partial charge in [-0.25, -0.2) is 17.5 Å².